The molecule has 0 radical (unpaired) electrons. The fraction of sp³-hybridized carbons (Fsp3) is 0.444. The smallest absolute Gasteiger partial charge is 0.191 e. The molecule has 0 saturated heterocycles. The molecule has 1 aromatic heterocycles. The Morgan fingerprint density at radius 2 is 2.21 bits per heavy atom. The van der Waals surface area contributed by atoms with Crippen LogP contribution in [0.3, 0.4) is 0 Å². The third kappa shape index (κ3) is 5.08. The third-order valence-electron chi connectivity index (χ3n) is 3.97. The molecule has 0 amide bonds. The molecule has 5 nitrogen and oxygen atoms in total. The van der Waals surface area contributed by atoms with Crippen LogP contribution in [-0.2, 0) is 13.5 Å². The Balaban J connectivity index is 1.79. The number of nitrogens with zero attached hydrogens (tertiary/aromatic N) is 3. The van der Waals surface area contributed by atoms with Crippen molar-refractivity contribution in [3.05, 3.63) is 53.1 Å². The van der Waals surface area contributed by atoms with Crippen molar-refractivity contribution in [2.24, 2.45) is 12.0 Å². The molecule has 1 unspecified atom stereocenters. The first-order valence-electron chi connectivity index (χ1n) is 8.20. The number of rotatable bonds is 6. The average molecular weight is 331 g/mol. The van der Waals surface area contributed by atoms with E-state index in [2.05, 4.69) is 20.7 Å². The highest BCUT2D eigenvalue weighted by Crippen LogP contribution is 2.16. The van der Waals surface area contributed by atoms with Gasteiger partial charge in [-0.2, -0.15) is 5.10 Å². The Labute approximate surface area is 143 Å². The summed E-state index contributed by atoms with van der Waals surface area (Å²) >= 11 is 0. The number of halogens is 1. The van der Waals surface area contributed by atoms with Crippen LogP contribution in [0.15, 0.2) is 35.6 Å². The number of aliphatic imine (C=N–C) groups is 1. The summed E-state index contributed by atoms with van der Waals surface area (Å²) in [6.45, 7) is 4.57. The summed E-state index contributed by atoms with van der Waals surface area (Å²) in [4.78, 5) is 4.23. The first-order valence-corrected chi connectivity index (χ1v) is 8.20. The average Bonchev–Trinajstić information content (AvgIpc) is 2.98. The number of aryl methyl sites for hydroxylation is 3. The van der Waals surface area contributed by atoms with E-state index in [1.54, 1.807) is 26.1 Å². The molecule has 1 heterocycles. The van der Waals surface area contributed by atoms with Crippen LogP contribution < -0.4 is 10.6 Å². The van der Waals surface area contributed by atoms with Gasteiger partial charge < -0.3 is 10.6 Å². The van der Waals surface area contributed by atoms with Crippen LogP contribution in [0.5, 0.6) is 0 Å². The van der Waals surface area contributed by atoms with Crippen molar-refractivity contribution in [1.29, 1.82) is 0 Å². The molecule has 0 aliphatic heterocycles. The van der Waals surface area contributed by atoms with Crippen LogP contribution in [0.1, 0.15) is 36.1 Å². The Bertz CT molecular complexity index is 692. The Kier molecular flexibility index (Phi) is 6.35. The minimum absolute atomic E-state index is 0.0235. The molecular formula is C18H26FN5. The highest BCUT2D eigenvalue weighted by molar-refractivity contribution is 5.80. The molecule has 0 fully saturated rings. The highest BCUT2D eigenvalue weighted by Gasteiger charge is 2.09. The second-order valence-corrected chi connectivity index (χ2v) is 6.00. The van der Waals surface area contributed by atoms with E-state index in [4.69, 9.17) is 0 Å². The zero-order valence-corrected chi connectivity index (χ0v) is 14.8. The van der Waals surface area contributed by atoms with Gasteiger partial charge in [0, 0.05) is 26.8 Å². The minimum Gasteiger partial charge on any atom is -0.356 e. The van der Waals surface area contributed by atoms with E-state index in [0.29, 0.717) is 5.56 Å². The molecule has 0 aliphatic carbocycles. The maximum atomic E-state index is 13.7. The van der Waals surface area contributed by atoms with Crippen LogP contribution in [0.25, 0.3) is 0 Å². The van der Waals surface area contributed by atoms with Crippen LogP contribution in [0.4, 0.5) is 4.39 Å². The van der Waals surface area contributed by atoms with Crippen molar-refractivity contribution in [3.8, 4) is 0 Å². The monoisotopic (exact) mass is 331 g/mol. The van der Waals surface area contributed by atoms with E-state index in [1.165, 1.54) is 5.56 Å². The lowest BCUT2D eigenvalue weighted by Crippen LogP contribution is -2.39. The lowest BCUT2D eigenvalue weighted by Gasteiger charge is -2.18. The number of aromatic nitrogens is 2. The number of hydrogen-bond acceptors (Lipinski definition) is 2. The maximum absolute atomic E-state index is 13.7. The van der Waals surface area contributed by atoms with Crippen molar-refractivity contribution < 1.29 is 4.39 Å². The summed E-state index contributed by atoms with van der Waals surface area (Å²) in [7, 11) is 3.65. The fourth-order valence-electron chi connectivity index (χ4n) is 2.46. The SMILES string of the molecule is CN=C(NCCCc1cnn(C)c1)NC(C)c1ccc(C)c(F)c1. The van der Waals surface area contributed by atoms with Crippen LogP contribution >= 0.6 is 0 Å². The normalized spacial score (nSPS) is 13.0. The summed E-state index contributed by atoms with van der Waals surface area (Å²) in [5.41, 5.74) is 2.78. The third-order valence-corrected chi connectivity index (χ3v) is 3.97. The second-order valence-electron chi connectivity index (χ2n) is 6.00. The maximum Gasteiger partial charge on any atom is 0.191 e. The number of hydrogen-bond donors (Lipinski definition) is 2. The predicted molar refractivity (Wildman–Crippen MR) is 95.6 cm³/mol. The van der Waals surface area contributed by atoms with Crippen molar-refractivity contribution in [3.63, 3.8) is 0 Å². The van der Waals surface area contributed by atoms with Gasteiger partial charge in [0.25, 0.3) is 0 Å². The molecule has 0 aliphatic rings. The van der Waals surface area contributed by atoms with Crippen LogP contribution in [0, 0.1) is 12.7 Å². The van der Waals surface area contributed by atoms with E-state index in [1.807, 2.05) is 37.1 Å². The summed E-state index contributed by atoms with van der Waals surface area (Å²) in [6, 6.07) is 5.28. The standard InChI is InChI=1S/C18H26FN5/c1-13-7-8-16(10-17(13)19)14(2)23-18(20-3)21-9-5-6-15-11-22-24(4)12-15/h7-8,10-12,14H,5-6,9H2,1-4H3,(H2,20,21,23). The van der Waals surface area contributed by atoms with Crippen molar-refractivity contribution in [2.75, 3.05) is 13.6 Å². The lowest BCUT2D eigenvalue weighted by molar-refractivity contribution is 0.607. The van der Waals surface area contributed by atoms with E-state index >= 15 is 0 Å². The Morgan fingerprint density at radius 1 is 1.42 bits per heavy atom. The van der Waals surface area contributed by atoms with Gasteiger partial charge in [0.15, 0.2) is 5.96 Å². The number of guanidine groups is 1. The second kappa shape index (κ2) is 8.47. The topological polar surface area (TPSA) is 54.2 Å². The highest BCUT2D eigenvalue weighted by atomic mass is 19.1. The van der Waals surface area contributed by atoms with Gasteiger partial charge in [0.1, 0.15) is 5.82 Å². The predicted octanol–water partition coefficient (Wildman–Crippen LogP) is 2.73. The molecular weight excluding hydrogens is 305 g/mol. The van der Waals surface area contributed by atoms with Crippen molar-refractivity contribution >= 4 is 5.96 Å². The van der Waals surface area contributed by atoms with Gasteiger partial charge in [-0.15, -0.1) is 0 Å². The van der Waals surface area contributed by atoms with Crippen molar-refractivity contribution in [1.82, 2.24) is 20.4 Å². The van der Waals surface area contributed by atoms with E-state index in [-0.39, 0.29) is 11.9 Å². The van der Waals surface area contributed by atoms with E-state index < -0.39 is 0 Å². The quantitative estimate of drug-likeness (QED) is 0.486. The fourth-order valence-corrected chi connectivity index (χ4v) is 2.46. The summed E-state index contributed by atoms with van der Waals surface area (Å²) in [5.74, 6) is 0.537. The zero-order chi connectivity index (χ0) is 17.5. The lowest BCUT2D eigenvalue weighted by atomic mass is 10.1. The summed E-state index contributed by atoms with van der Waals surface area (Å²) in [6.07, 6.45) is 5.87. The van der Waals surface area contributed by atoms with E-state index in [9.17, 15) is 4.39 Å². The van der Waals surface area contributed by atoms with Gasteiger partial charge in [-0.3, -0.25) is 9.67 Å². The number of benzene rings is 1. The van der Waals surface area contributed by atoms with Gasteiger partial charge in [0.2, 0.25) is 0 Å². The molecule has 24 heavy (non-hydrogen) atoms. The van der Waals surface area contributed by atoms with Gasteiger partial charge in [0.05, 0.1) is 12.2 Å². The first-order chi connectivity index (χ1) is 11.5. The van der Waals surface area contributed by atoms with Crippen LogP contribution in [-0.4, -0.2) is 29.3 Å². The van der Waals surface area contributed by atoms with Crippen LogP contribution in [0.2, 0.25) is 0 Å². The van der Waals surface area contributed by atoms with Gasteiger partial charge >= 0.3 is 0 Å². The van der Waals surface area contributed by atoms with Gasteiger partial charge in [-0.1, -0.05) is 12.1 Å². The van der Waals surface area contributed by atoms with Gasteiger partial charge in [-0.25, -0.2) is 4.39 Å². The molecule has 6 heteroatoms. The van der Waals surface area contributed by atoms with Gasteiger partial charge in [-0.05, 0) is 49.4 Å². The molecule has 2 rings (SSSR count). The molecule has 0 bridgehead atoms. The summed E-state index contributed by atoms with van der Waals surface area (Å²) in [5, 5.41) is 10.7. The largest absolute Gasteiger partial charge is 0.356 e. The molecule has 1 atom stereocenters. The zero-order valence-electron chi connectivity index (χ0n) is 14.8. The minimum atomic E-state index is -0.180. The molecule has 0 spiro atoms. The first kappa shape index (κ1) is 18.0. The summed E-state index contributed by atoms with van der Waals surface area (Å²) < 4.78 is 15.5. The number of nitrogens with one attached hydrogen (secondary N) is 2. The Morgan fingerprint density at radius 3 is 2.83 bits per heavy atom. The molecule has 2 aromatic rings. The molecule has 2 N–H and O–H groups in total. The molecule has 1 aromatic carbocycles. The van der Waals surface area contributed by atoms with E-state index in [0.717, 1.165) is 30.9 Å². The van der Waals surface area contributed by atoms with Crippen molar-refractivity contribution in [2.45, 2.75) is 32.7 Å². The Hall–Kier alpha value is -2.37. The molecule has 130 valence electrons. The molecule has 0 saturated carbocycles.